The Morgan fingerprint density at radius 2 is 1.82 bits per heavy atom. The summed E-state index contributed by atoms with van der Waals surface area (Å²) in [4.78, 5) is 28.2. The number of carbonyl (C=O) groups is 2. The molecule has 2 heterocycles. The van der Waals surface area contributed by atoms with Crippen molar-refractivity contribution in [2.75, 3.05) is 0 Å². The van der Waals surface area contributed by atoms with Crippen LogP contribution in [0.3, 0.4) is 0 Å². The molecule has 0 saturated carbocycles. The van der Waals surface area contributed by atoms with Gasteiger partial charge in [0.25, 0.3) is 0 Å². The third-order valence-corrected chi connectivity index (χ3v) is 4.69. The number of para-hydroxylation sites is 1. The Hall–Kier alpha value is -3.67. The molecule has 1 unspecified atom stereocenters. The van der Waals surface area contributed by atoms with Crippen molar-refractivity contribution in [2.45, 2.75) is 20.0 Å². The minimum atomic E-state index is -0.889. The number of carbonyl (C=O) groups excluding carboxylic acids is 2. The van der Waals surface area contributed by atoms with Crippen molar-refractivity contribution < 1.29 is 14.3 Å². The quantitative estimate of drug-likeness (QED) is 0.422. The molecule has 2 aromatic heterocycles. The monoisotopic (exact) mass is 373 g/mol. The maximum Gasteiger partial charge on any atom is 0.338 e. The minimum absolute atomic E-state index is 0.241. The Balaban J connectivity index is 1.48. The lowest BCUT2D eigenvalue weighted by Crippen LogP contribution is -2.24. The number of hydrogen-bond donors (Lipinski definition) is 1. The van der Waals surface area contributed by atoms with E-state index in [-0.39, 0.29) is 5.78 Å². The van der Waals surface area contributed by atoms with Crippen LogP contribution in [-0.2, 0) is 4.74 Å². The summed E-state index contributed by atoms with van der Waals surface area (Å²) in [6.45, 7) is 3.54. The number of nitrogens with zero attached hydrogens (tertiary/aromatic N) is 2. The standard InChI is InChI=1S/C22H19N3O3/c1-14-11-12-24-25(14)17-9-7-16(8-10-17)22(27)28-15(2)21(26)19-13-23-20-6-4-3-5-18(19)20/h3-13,15,23H,1-2H3. The fourth-order valence-corrected chi connectivity index (χ4v) is 3.16. The third kappa shape index (κ3) is 3.20. The van der Waals surface area contributed by atoms with Crippen LogP contribution in [0.25, 0.3) is 16.6 Å². The van der Waals surface area contributed by atoms with Crippen LogP contribution < -0.4 is 0 Å². The second-order valence-electron chi connectivity index (χ2n) is 6.59. The van der Waals surface area contributed by atoms with E-state index < -0.39 is 12.1 Å². The highest BCUT2D eigenvalue weighted by Gasteiger charge is 2.22. The van der Waals surface area contributed by atoms with Crippen molar-refractivity contribution in [1.82, 2.24) is 14.8 Å². The number of nitrogens with one attached hydrogen (secondary N) is 1. The molecule has 0 aliphatic carbocycles. The number of ether oxygens (including phenoxy) is 1. The van der Waals surface area contributed by atoms with Gasteiger partial charge in [0.15, 0.2) is 6.10 Å². The molecule has 0 amide bonds. The van der Waals surface area contributed by atoms with Gasteiger partial charge in [-0.05, 0) is 50.2 Å². The first-order chi connectivity index (χ1) is 13.5. The van der Waals surface area contributed by atoms with Gasteiger partial charge in [-0.3, -0.25) is 4.79 Å². The Labute approximate surface area is 161 Å². The highest BCUT2D eigenvalue weighted by Crippen LogP contribution is 2.20. The van der Waals surface area contributed by atoms with Crippen molar-refractivity contribution in [3.8, 4) is 5.69 Å². The Kier molecular flexibility index (Phi) is 4.53. The van der Waals surface area contributed by atoms with Gasteiger partial charge in [-0.1, -0.05) is 18.2 Å². The van der Waals surface area contributed by atoms with E-state index in [0.717, 1.165) is 22.3 Å². The van der Waals surface area contributed by atoms with E-state index in [0.29, 0.717) is 11.1 Å². The molecule has 28 heavy (non-hydrogen) atoms. The van der Waals surface area contributed by atoms with E-state index in [4.69, 9.17) is 4.74 Å². The first-order valence-electron chi connectivity index (χ1n) is 8.97. The number of benzene rings is 2. The van der Waals surface area contributed by atoms with Gasteiger partial charge in [-0.2, -0.15) is 5.10 Å². The van der Waals surface area contributed by atoms with Crippen molar-refractivity contribution >= 4 is 22.7 Å². The van der Waals surface area contributed by atoms with Crippen molar-refractivity contribution in [3.05, 3.63) is 83.8 Å². The molecule has 0 saturated heterocycles. The predicted molar refractivity (Wildman–Crippen MR) is 106 cm³/mol. The van der Waals surface area contributed by atoms with Crippen LogP contribution in [-0.4, -0.2) is 32.6 Å². The number of Topliss-reactive ketones (excluding diaryl/α,β-unsaturated/α-hetero) is 1. The van der Waals surface area contributed by atoms with Gasteiger partial charge in [-0.15, -0.1) is 0 Å². The zero-order valence-corrected chi connectivity index (χ0v) is 15.5. The number of H-pyrrole nitrogens is 1. The molecule has 0 spiro atoms. The number of fused-ring (bicyclic) bond motifs is 1. The predicted octanol–water partition coefficient (Wildman–Crippen LogP) is 4.09. The van der Waals surface area contributed by atoms with E-state index in [1.165, 1.54) is 0 Å². The maximum absolute atomic E-state index is 12.7. The number of ketones is 1. The minimum Gasteiger partial charge on any atom is -0.451 e. The summed E-state index contributed by atoms with van der Waals surface area (Å²) < 4.78 is 7.18. The third-order valence-electron chi connectivity index (χ3n) is 4.69. The molecule has 0 fully saturated rings. The molecule has 4 aromatic rings. The number of rotatable bonds is 5. The van der Waals surface area contributed by atoms with Crippen LogP contribution in [0.4, 0.5) is 0 Å². The summed E-state index contributed by atoms with van der Waals surface area (Å²) in [6.07, 6.45) is 2.48. The number of aryl methyl sites for hydroxylation is 1. The van der Waals surface area contributed by atoms with Crippen molar-refractivity contribution in [1.29, 1.82) is 0 Å². The zero-order chi connectivity index (χ0) is 19.7. The van der Waals surface area contributed by atoms with Gasteiger partial charge in [-0.25, -0.2) is 9.48 Å². The number of aromatic nitrogens is 3. The molecule has 2 aromatic carbocycles. The molecule has 0 aliphatic heterocycles. The fourth-order valence-electron chi connectivity index (χ4n) is 3.16. The molecular formula is C22H19N3O3. The van der Waals surface area contributed by atoms with Gasteiger partial charge >= 0.3 is 5.97 Å². The van der Waals surface area contributed by atoms with Gasteiger partial charge in [0, 0.05) is 34.6 Å². The zero-order valence-electron chi connectivity index (χ0n) is 15.5. The smallest absolute Gasteiger partial charge is 0.338 e. The normalized spacial score (nSPS) is 12.1. The fraction of sp³-hybridized carbons (Fsp3) is 0.136. The summed E-state index contributed by atoms with van der Waals surface area (Å²) in [5, 5.41) is 5.05. The second kappa shape index (κ2) is 7.15. The lowest BCUT2D eigenvalue weighted by Gasteiger charge is -2.12. The first-order valence-corrected chi connectivity index (χ1v) is 8.97. The SMILES string of the molecule is Cc1ccnn1-c1ccc(C(=O)OC(C)C(=O)c2c[nH]c3ccccc23)cc1. The Morgan fingerprint density at radius 3 is 2.54 bits per heavy atom. The summed E-state index contributed by atoms with van der Waals surface area (Å²) in [6, 6.07) is 16.3. The largest absolute Gasteiger partial charge is 0.451 e. The van der Waals surface area contributed by atoms with E-state index in [1.807, 2.05) is 37.3 Å². The molecule has 0 bridgehead atoms. The van der Waals surface area contributed by atoms with Crippen LogP contribution in [0.1, 0.15) is 33.3 Å². The van der Waals surface area contributed by atoms with E-state index in [9.17, 15) is 9.59 Å². The molecule has 6 heteroatoms. The number of hydrogen-bond acceptors (Lipinski definition) is 4. The van der Waals surface area contributed by atoms with Crippen LogP contribution in [0.5, 0.6) is 0 Å². The van der Waals surface area contributed by atoms with Crippen LogP contribution in [0.15, 0.2) is 67.0 Å². The van der Waals surface area contributed by atoms with Crippen LogP contribution in [0, 0.1) is 6.92 Å². The van der Waals surface area contributed by atoms with E-state index in [2.05, 4.69) is 10.1 Å². The molecule has 140 valence electrons. The molecule has 6 nitrogen and oxygen atoms in total. The number of aromatic amines is 1. The summed E-state index contributed by atoms with van der Waals surface area (Å²) in [5.41, 5.74) is 3.61. The van der Waals surface area contributed by atoms with E-state index in [1.54, 1.807) is 48.3 Å². The summed E-state index contributed by atoms with van der Waals surface area (Å²) >= 11 is 0. The second-order valence-corrected chi connectivity index (χ2v) is 6.59. The molecule has 1 atom stereocenters. The first kappa shape index (κ1) is 17.7. The summed E-state index contributed by atoms with van der Waals surface area (Å²) in [7, 11) is 0. The van der Waals surface area contributed by atoms with Crippen molar-refractivity contribution in [3.63, 3.8) is 0 Å². The van der Waals surface area contributed by atoms with Crippen molar-refractivity contribution in [2.24, 2.45) is 0 Å². The average Bonchev–Trinajstić information content (AvgIpc) is 3.33. The molecular weight excluding hydrogens is 354 g/mol. The van der Waals surface area contributed by atoms with Gasteiger partial charge < -0.3 is 9.72 Å². The Bertz CT molecular complexity index is 1160. The Morgan fingerprint density at radius 1 is 1.07 bits per heavy atom. The van der Waals surface area contributed by atoms with E-state index >= 15 is 0 Å². The summed E-state index contributed by atoms with van der Waals surface area (Å²) in [5.74, 6) is -0.779. The van der Waals surface area contributed by atoms with Crippen LogP contribution in [0.2, 0.25) is 0 Å². The average molecular weight is 373 g/mol. The van der Waals surface area contributed by atoms with Gasteiger partial charge in [0.05, 0.1) is 11.3 Å². The molecule has 0 aliphatic rings. The van der Waals surface area contributed by atoms with Crippen LogP contribution >= 0.6 is 0 Å². The maximum atomic E-state index is 12.7. The molecule has 0 radical (unpaired) electrons. The highest BCUT2D eigenvalue weighted by atomic mass is 16.5. The lowest BCUT2D eigenvalue weighted by molar-refractivity contribution is 0.0319. The van der Waals surface area contributed by atoms with Gasteiger partial charge in [0.1, 0.15) is 0 Å². The highest BCUT2D eigenvalue weighted by molar-refractivity contribution is 6.10. The lowest BCUT2D eigenvalue weighted by atomic mass is 10.1. The number of esters is 1. The van der Waals surface area contributed by atoms with Gasteiger partial charge in [0.2, 0.25) is 5.78 Å². The topological polar surface area (TPSA) is 77.0 Å². The molecule has 4 rings (SSSR count). The molecule has 1 N–H and O–H groups in total.